The number of halogens is 3. The van der Waals surface area contributed by atoms with E-state index in [0.717, 1.165) is 31.6 Å². The number of nitrogens with one attached hydrogen (secondary N) is 1. The topological polar surface area (TPSA) is 61.9 Å². The molecule has 1 N–H and O–H groups in total. The van der Waals surface area contributed by atoms with E-state index in [2.05, 4.69) is 15.0 Å². The Bertz CT molecular complexity index is 697. The molecular weight excluding hydrogens is 359 g/mol. The SMILES string of the molecule is O=S(=O)(c1cccc(OC(F)(F)F)c1)N1CCN(C2CCNC2)CC1. The fraction of sp³-hybridized carbons (Fsp3) is 0.600. The molecule has 25 heavy (non-hydrogen) atoms. The molecule has 0 bridgehead atoms. The number of rotatable bonds is 4. The Balaban J connectivity index is 1.68. The summed E-state index contributed by atoms with van der Waals surface area (Å²) in [5, 5.41) is 3.28. The number of nitrogens with zero attached hydrogens (tertiary/aromatic N) is 2. The molecule has 3 rings (SSSR count). The first-order chi connectivity index (χ1) is 11.8. The molecule has 2 aliphatic rings. The molecule has 6 nitrogen and oxygen atoms in total. The average Bonchev–Trinajstić information content (AvgIpc) is 3.08. The molecule has 1 aromatic carbocycles. The summed E-state index contributed by atoms with van der Waals surface area (Å²) < 4.78 is 67.5. The summed E-state index contributed by atoms with van der Waals surface area (Å²) in [5.74, 6) is -0.538. The molecule has 0 aliphatic carbocycles. The van der Waals surface area contributed by atoms with Crippen LogP contribution >= 0.6 is 0 Å². The third kappa shape index (κ3) is 4.43. The van der Waals surface area contributed by atoms with E-state index >= 15 is 0 Å². The minimum Gasteiger partial charge on any atom is -0.406 e. The lowest BCUT2D eigenvalue weighted by Crippen LogP contribution is -2.52. The predicted molar refractivity (Wildman–Crippen MR) is 84.7 cm³/mol. The van der Waals surface area contributed by atoms with Crippen LogP contribution in [0, 0.1) is 0 Å². The number of ether oxygens (including phenoxy) is 1. The van der Waals surface area contributed by atoms with E-state index in [1.54, 1.807) is 0 Å². The van der Waals surface area contributed by atoms with Gasteiger partial charge in [-0.2, -0.15) is 4.31 Å². The number of benzene rings is 1. The zero-order valence-electron chi connectivity index (χ0n) is 13.5. The van der Waals surface area contributed by atoms with Gasteiger partial charge in [-0.05, 0) is 25.1 Å². The maximum atomic E-state index is 12.7. The van der Waals surface area contributed by atoms with Gasteiger partial charge in [-0.3, -0.25) is 4.90 Å². The predicted octanol–water partition coefficient (Wildman–Crippen LogP) is 1.25. The summed E-state index contributed by atoms with van der Waals surface area (Å²) >= 11 is 0. The van der Waals surface area contributed by atoms with Crippen molar-refractivity contribution in [1.29, 1.82) is 0 Å². The van der Waals surface area contributed by atoms with E-state index in [-0.39, 0.29) is 4.90 Å². The highest BCUT2D eigenvalue weighted by atomic mass is 32.2. The molecular formula is C15H20F3N3O3S. The lowest BCUT2D eigenvalue weighted by molar-refractivity contribution is -0.274. The van der Waals surface area contributed by atoms with E-state index in [1.807, 2.05) is 0 Å². The number of hydrogen-bond donors (Lipinski definition) is 1. The molecule has 2 fully saturated rings. The summed E-state index contributed by atoms with van der Waals surface area (Å²) in [6.45, 7) is 3.75. The summed E-state index contributed by atoms with van der Waals surface area (Å²) in [5.41, 5.74) is 0. The second-order valence-corrected chi connectivity index (χ2v) is 8.05. The van der Waals surface area contributed by atoms with Gasteiger partial charge in [-0.1, -0.05) is 6.07 Å². The first-order valence-electron chi connectivity index (χ1n) is 8.06. The molecule has 0 spiro atoms. The van der Waals surface area contributed by atoms with Gasteiger partial charge in [-0.15, -0.1) is 13.2 Å². The van der Waals surface area contributed by atoms with Gasteiger partial charge in [0, 0.05) is 44.8 Å². The third-order valence-corrected chi connectivity index (χ3v) is 6.40. The van der Waals surface area contributed by atoms with Gasteiger partial charge in [0.1, 0.15) is 5.75 Å². The van der Waals surface area contributed by atoms with Gasteiger partial charge in [0.2, 0.25) is 10.0 Å². The Labute approximate surface area is 144 Å². The quantitative estimate of drug-likeness (QED) is 0.853. The van der Waals surface area contributed by atoms with Crippen molar-refractivity contribution in [1.82, 2.24) is 14.5 Å². The third-order valence-electron chi connectivity index (χ3n) is 4.50. The number of alkyl halides is 3. The van der Waals surface area contributed by atoms with Crippen LogP contribution in [0.2, 0.25) is 0 Å². The second-order valence-electron chi connectivity index (χ2n) is 6.11. The van der Waals surface area contributed by atoms with E-state index in [0.29, 0.717) is 32.2 Å². The van der Waals surface area contributed by atoms with Crippen molar-refractivity contribution < 1.29 is 26.3 Å². The maximum Gasteiger partial charge on any atom is 0.573 e. The first kappa shape index (κ1) is 18.4. The summed E-state index contributed by atoms with van der Waals surface area (Å²) in [7, 11) is -3.84. The van der Waals surface area contributed by atoms with Crippen LogP contribution < -0.4 is 10.1 Å². The van der Waals surface area contributed by atoms with Crippen LogP contribution in [0.3, 0.4) is 0 Å². The van der Waals surface area contributed by atoms with Gasteiger partial charge in [0.25, 0.3) is 0 Å². The normalized spacial score (nSPS) is 23.7. The molecule has 0 radical (unpaired) electrons. The van der Waals surface area contributed by atoms with Crippen LogP contribution in [0.25, 0.3) is 0 Å². The van der Waals surface area contributed by atoms with Crippen molar-refractivity contribution in [2.45, 2.75) is 23.7 Å². The highest BCUT2D eigenvalue weighted by Gasteiger charge is 2.34. The number of piperazine rings is 1. The maximum absolute atomic E-state index is 12.7. The monoisotopic (exact) mass is 379 g/mol. The Morgan fingerprint density at radius 1 is 1.16 bits per heavy atom. The molecule has 2 saturated heterocycles. The number of sulfonamides is 1. The van der Waals surface area contributed by atoms with E-state index in [9.17, 15) is 21.6 Å². The van der Waals surface area contributed by atoms with Gasteiger partial charge in [0.15, 0.2) is 0 Å². The minimum atomic E-state index is -4.86. The van der Waals surface area contributed by atoms with Gasteiger partial charge < -0.3 is 10.1 Å². The molecule has 140 valence electrons. The molecule has 1 aromatic rings. The van der Waals surface area contributed by atoms with E-state index < -0.39 is 22.1 Å². The first-order valence-corrected chi connectivity index (χ1v) is 9.50. The van der Waals surface area contributed by atoms with Gasteiger partial charge in [0.05, 0.1) is 4.90 Å². The highest BCUT2D eigenvalue weighted by molar-refractivity contribution is 7.89. The Morgan fingerprint density at radius 3 is 2.48 bits per heavy atom. The zero-order chi connectivity index (χ0) is 18.1. The zero-order valence-corrected chi connectivity index (χ0v) is 14.3. The van der Waals surface area contributed by atoms with Crippen LogP contribution in [0.5, 0.6) is 5.75 Å². The standard InChI is InChI=1S/C15H20F3N3O3S/c16-15(17,18)24-13-2-1-3-14(10-13)25(22,23)21-8-6-20(7-9-21)12-4-5-19-11-12/h1-3,10,12,19H,4-9,11H2. The van der Waals surface area contributed by atoms with Crippen LogP contribution in [0.15, 0.2) is 29.2 Å². The highest BCUT2D eigenvalue weighted by Crippen LogP contribution is 2.27. The summed E-state index contributed by atoms with van der Waals surface area (Å²) in [6.07, 6.45) is -3.81. The Morgan fingerprint density at radius 2 is 1.88 bits per heavy atom. The number of hydrogen-bond acceptors (Lipinski definition) is 5. The fourth-order valence-corrected chi connectivity index (χ4v) is 4.70. The van der Waals surface area contributed by atoms with Crippen LogP contribution in [0.4, 0.5) is 13.2 Å². The summed E-state index contributed by atoms with van der Waals surface area (Å²) in [6, 6.07) is 4.95. The van der Waals surface area contributed by atoms with E-state index in [1.165, 1.54) is 16.4 Å². The lowest BCUT2D eigenvalue weighted by atomic mass is 10.2. The molecule has 2 heterocycles. The largest absolute Gasteiger partial charge is 0.573 e. The fourth-order valence-electron chi connectivity index (χ4n) is 3.24. The van der Waals surface area contributed by atoms with Crippen LogP contribution in [0.1, 0.15) is 6.42 Å². The van der Waals surface area contributed by atoms with Crippen LogP contribution in [-0.2, 0) is 10.0 Å². The smallest absolute Gasteiger partial charge is 0.406 e. The molecule has 0 aromatic heterocycles. The average molecular weight is 379 g/mol. The molecule has 0 amide bonds. The molecule has 1 unspecified atom stereocenters. The lowest BCUT2D eigenvalue weighted by Gasteiger charge is -2.37. The Kier molecular flexibility index (Phi) is 5.24. The van der Waals surface area contributed by atoms with Crippen molar-refractivity contribution in [3.8, 4) is 5.75 Å². The van der Waals surface area contributed by atoms with Crippen molar-refractivity contribution in [2.24, 2.45) is 0 Å². The van der Waals surface area contributed by atoms with E-state index in [4.69, 9.17) is 0 Å². The Hall–Kier alpha value is -1.36. The minimum absolute atomic E-state index is 0.190. The van der Waals surface area contributed by atoms with Gasteiger partial charge in [-0.25, -0.2) is 8.42 Å². The van der Waals surface area contributed by atoms with Crippen molar-refractivity contribution in [3.05, 3.63) is 24.3 Å². The van der Waals surface area contributed by atoms with Gasteiger partial charge >= 0.3 is 6.36 Å². The molecule has 2 aliphatic heterocycles. The second kappa shape index (κ2) is 7.10. The van der Waals surface area contributed by atoms with Crippen molar-refractivity contribution in [2.75, 3.05) is 39.3 Å². The summed E-state index contributed by atoms with van der Waals surface area (Å²) in [4.78, 5) is 2.07. The molecule has 0 saturated carbocycles. The molecule has 1 atom stereocenters. The van der Waals surface area contributed by atoms with Crippen molar-refractivity contribution >= 4 is 10.0 Å². The van der Waals surface area contributed by atoms with Crippen molar-refractivity contribution in [3.63, 3.8) is 0 Å². The van der Waals surface area contributed by atoms with Crippen LogP contribution in [-0.4, -0.2) is 69.3 Å². The molecule has 10 heteroatoms.